The smallest absolute Gasteiger partial charge is 0.340 e. The third-order valence-electron chi connectivity index (χ3n) is 2.98. The van der Waals surface area contributed by atoms with Gasteiger partial charge in [-0.3, -0.25) is 0 Å². The molecule has 1 N–H and O–H groups in total. The summed E-state index contributed by atoms with van der Waals surface area (Å²) in [5, 5.41) is 2.88. The quantitative estimate of drug-likeness (QED) is 0.644. The topological polar surface area (TPSA) is 60.5 Å². The summed E-state index contributed by atoms with van der Waals surface area (Å²) in [6, 6.07) is 2.18. The molecule has 2 atom stereocenters. The predicted molar refractivity (Wildman–Crippen MR) is 68.3 cm³/mol. The molecule has 1 fully saturated rings. The number of esters is 1. The van der Waals surface area contributed by atoms with Gasteiger partial charge in [-0.05, 0) is 13.0 Å². The Morgan fingerprint density at radius 1 is 1.50 bits per heavy atom. The SMILES string of the molecule is C[C@H]1C[C@@H](Nc2ccc(OCC(F)(F)C(F)F)nc2)C(=O)O1. The second-order valence-corrected chi connectivity index (χ2v) is 4.92. The van der Waals surface area contributed by atoms with Crippen molar-refractivity contribution in [3.63, 3.8) is 0 Å². The Hall–Kier alpha value is -2.06. The first-order chi connectivity index (χ1) is 10.3. The molecule has 22 heavy (non-hydrogen) atoms. The van der Waals surface area contributed by atoms with Gasteiger partial charge in [-0.1, -0.05) is 0 Å². The van der Waals surface area contributed by atoms with Crippen molar-refractivity contribution >= 4 is 11.7 Å². The van der Waals surface area contributed by atoms with Gasteiger partial charge in [0.1, 0.15) is 12.1 Å². The van der Waals surface area contributed by atoms with Crippen molar-refractivity contribution in [1.29, 1.82) is 0 Å². The van der Waals surface area contributed by atoms with Crippen LogP contribution in [0.2, 0.25) is 0 Å². The normalized spacial score (nSPS) is 21.8. The lowest BCUT2D eigenvalue weighted by Gasteiger charge is -2.15. The van der Waals surface area contributed by atoms with Crippen LogP contribution in [0.15, 0.2) is 18.3 Å². The lowest BCUT2D eigenvalue weighted by atomic mass is 10.2. The highest BCUT2D eigenvalue weighted by Crippen LogP contribution is 2.24. The van der Waals surface area contributed by atoms with E-state index in [1.165, 1.54) is 18.3 Å². The number of aromatic nitrogens is 1. The standard InChI is InChI=1S/C13H14F4N2O3/c1-7-4-9(11(20)22-7)19-8-2-3-10(18-5-8)21-6-13(16,17)12(14)15/h2-3,5,7,9,12,19H,4,6H2,1H3/t7-,9+/m0/s1. The monoisotopic (exact) mass is 322 g/mol. The number of alkyl halides is 4. The van der Waals surface area contributed by atoms with E-state index in [0.29, 0.717) is 12.1 Å². The Balaban J connectivity index is 1.89. The Kier molecular flexibility index (Phi) is 4.72. The molecule has 0 aromatic carbocycles. The molecule has 1 saturated heterocycles. The van der Waals surface area contributed by atoms with Crippen molar-refractivity contribution in [1.82, 2.24) is 4.98 Å². The number of nitrogens with one attached hydrogen (secondary N) is 1. The molecule has 2 heterocycles. The number of cyclic esters (lactones) is 1. The zero-order chi connectivity index (χ0) is 16.3. The van der Waals surface area contributed by atoms with Crippen molar-refractivity contribution in [3.8, 4) is 5.88 Å². The molecule has 0 aliphatic carbocycles. The molecule has 1 aromatic heterocycles. The second kappa shape index (κ2) is 6.37. The van der Waals surface area contributed by atoms with Crippen LogP contribution < -0.4 is 10.1 Å². The van der Waals surface area contributed by atoms with Gasteiger partial charge in [0.15, 0.2) is 6.61 Å². The fourth-order valence-corrected chi connectivity index (χ4v) is 1.86. The average Bonchev–Trinajstić information content (AvgIpc) is 2.76. The minimum absolute atomic E-state index is 0.183. The maximum absolute atomic E-state index is 12.7. The number of rotatable bonds is 6. The largest absolute Gasteiger partial charge is 0.471 e. The lowest BCUT2D eigenvalue weighted by Crippen LogP contribution is -2.33. The van der Waals surface area contributed by atoms with Gasteiger partial charge in [0.05, 0.1) is 11.9 Å². The van der Waals surface area contributed by atoms with Crippen molar-refractivity contribution in [2.45, 2.75) is 37.8 Å². The van der Waals surface area contributed by atoms with E-state index in [4.69, 9.17) is 4.74 Å². The van der Waals surface area contributed by atoms with Crippen molar-refractivity contribution < 1.29 is 31.8 Å². The van der Waals surface area contributed by atoms with Crippen LogP contribution in [0.25, 0.3) is 0 Å². The van der Waals surface area contributed by atoms with Crippen molar-refractivity contribution in [2.75, 3.05) is 11.9 Å². The van der Waals surface area contributed by atoms with E-state index in [2.05, 4.69) is 15.0 Å². The molecule has 0 radical (unpaired) electrons. The van der Waals surface area contributed by atoms with Gasteiger partial charge in [-0.15, -0.1) is 0 Å². The number of pyridine rings is 1. The fraction of sp³-hybridized carbons (Fsp3) is 0.538. The number of carbonyl (C=O) groups is 1. The van der Waals surface area contributed by atoms with E-state index in [1.54, 1.807) is 6.92 Å². The van der Waals surface area contributed by atoms with Crippen LogP contribution >= 0.6 is 0 Å². The molecular formula is C13H14F4N2O3. The van der Waals surface area contributed by atoms with E-state index < -0.39 is 25.0 Å². The van der Waals surface area contributed by atoms with E-state index in [9.17, 15) is 22.4 Å². The zero-order valence-corrected chi connectivity index (χ0v) is 11.6. The number of ether oxygens (including phenoxy) is 2. The first-order valence-corrected chi connectivity index (χ1v) is 6.50. The van der Waals surface area contributed by atoms with Crippen LogP contribution in [0.5, 0.6) is 5.88 Å². The zero-order valence-electron chi connectivity index (χ0n) is 11.6. The highest BCUT2D eigenvalue weighted by atomic mass is 19.3. The van der Waals surface area contributed by atoms with Gasteiger partial charge in [-0.2, -0.15) is 8.78 Å². The predicted octanol–water partition coefficient (Wildman–Crippen LogP) is 2.48. The van der Waals surface area contributed by atoms with Crippen LogP contribution in [0.4, 0.5) is 23.2 Å². The number of hydrogen-bond acceptors (Lipinski definition) is 5. The third-order valence-corrected chi connectivity index (χ3v) is 2.98. The molecule has 1 aliphatic heterocycles. The van der Waals surface area contributed by atoms with Crippen LogP contribution in [0.1, 0.15) is 13.3 Å². The summed E-state index contributed by atoms with van der Waals surface area (Å²) in [7, 11) is 0. The van der Waals surface area contributed by atoms with E-state index >= 15 is 0 Å². The molecule has 1 aliphatic rings. The maximum Gasteiger partial charge on any atom is 0.340 e. The average molecular weight is 322 g/mol. The Morgan fingerprint density at radius 3 is 2.73 bits per heavy atom. The molecule has 122 valence electrons. The van der Waals surface area contributed by atoms with Crippen LogP contribution in [0, 0.1) is 0 Å². The number of nitrogens with zero attached hydrogens (tertiary/aromatic N) is 1. The summed E-state index contributed by atoms with van der Waals surface area (Å²) < 4.78 is 58.8. The van der Waals surface area contributed by atoms with Gasteiger partial charge in [0.2, 0.25) is 5.88 Å². The summed E-state index contributed by atoms with van der Waals surface area (Å²) in [6.45, 7) is 0.300. The minimum Gasteiger partial charge on any atom is -0.471 e. The Bertz CT molecular complexity index is 525. The molecule has 2 rings (SSSR count). The summed E-state index contributed by atoms with van der Waals surface area (Å²) in [5.41, 5.74) is 0.462. The molecule has 0 saturated carbocycles. The minimum atomic E-state index is -4.23. The van der Waals surface area contributed by atoms with Crippen LogP contribution in [-0.2, 0) is 9.53 Å². The van der Waals surface area contributed by atoms with Crippen LogP contribution in [0.3, 0.4) is 0 Å². The summed E-state index contributed by atoms with van der Waals surface area (Å²) >= 11 is 0. The van der Waals surface area contributed by atoms with Gasteiger partial charge in [0.25, 0.3) is 0 Å². The Morgan fingerprint density at radius 2 is 2.23 bits per heavy atom. The maximum atomic E-state index is 12.7. The number of hydrogen-bond donors (Lipinski definition) is 1. The van der Waals surface area contributed by atoms with Gasteiger partial charge in [0, 0.05) is 12.5 Å². The third kappa shape index (κ3) is 3.99. The molecule has 0 spiro atoms. The second-order valence-electron chi connectivity index (χ2n) is 4.92. The highest BCUT2D eigenvalue weighted by Gasteiger charge is 2.41. The molecule has 5 nitrogen and oxygen atoms in total. The first kappa shape index (κ1) is 16.3. The summed E-state index contributed by atoms with van der Waals surface area (Å²) in [4.78, 5) is 15.2. The highest BCUT2D eigenvalue weighted by molar-refractivity contribution is 5.81. The van der Waals surface area contributed by atoms with E-state index in [1.807, 2.05) is 0 Å². The molecular weight excluding hydrogens is 308 g/mol. The van der Waals surface area contributed by atoms with E-state index in [-0.39, 0.29) is 18.0 Å². The lowest BCUT2D eigenvalue weighted by molar-refractivity contribution is -0.148. The van der Waals surface area contributed by atoms with Gasteiger partial charge in [-0.25, -0.2) is 18.6 Å². The molecule has 0 amide bonds. The fourth-order valence-electron chi connectivity index (χ4n) is 1.86. The number of carbonyl (C=O) groups excluding carboxylic acids is 1. The summed E-state index contributed by atoms with van der Waals surface area (Å²) in [6.07, 6.45) is -2.23. The first-order valence-electron chi connectivity index (χ1n) is 6.50. The van der Waals surface area contributed by atoms with Crippen molar-refractivity contribution in [2.24, 2.45) is 0 Å². The molecule has 0 bridgehead atoms. The molecule has 1 aromatic rings. The van der Waals surface area contributed by atoms with Crippen LogP contribution in [-0.4, -0.2) is 42.1 Å². The molecule has 0 unspecified atom stereocenters. The van der Waals surface area contributed by atoms with Gasteiger partial charge >= 0.3 is 18.3 Å². The van der Waals surface area contributed by atoms with Gasteiger partial charge < -0.3 is 14.8 Å². The molecule has 9 heteroatoms. The van der Waals surface area contributed by atoms with Crippen molar-refractivity contribution in [3.05, 3.63) is 18.3 Å². The Labute approximate surface area is 123 Å². The number of anilines is 1. The summed E-state index contributed by atoms with van der Waals surface area (Å²) in [5.74, 6) is -4.83. The van der Waals surface area contributed by atoms with E-state index in [0.717, 1.165) is 0 Å². The number of halogens is 4.